The minimum absolute atomic E-state index is 0.886. The van der Waals surface area contributed by atoms with Crippen LogP contribution in [0.5, 0.6) is 0 Å². The molecule has 0 bridgehead atoms. The molecule has 0 atom stereocenters. The Bertz CT molecular complexity index is 667. The minimum Gasteiger partial charge on any atom is -0.241 e. The Morgan fingerprint density at radius 3 is 1.96 bits per heavy atom. The molecular formula is C26H38N2. The predicted octanol–water partition coefficient (Wildman–Crippen LogP) is 7.42. The maximum absolute atomic E-state index is 4.66. The van der Waals surface area contributed by atoms with E-state index in [0.717, 1.165) is 29.6 Å². The molecule has 0 radical (unpaired) electrons. The fraction of sp³-hybridized carbons (Fsp3) is 0.615. The molecule has 1 aliphatic rings. The van der Waals surface area contributed by atoms with E-state index in [-0.39, 0.29) is 0 Å². The molecule has 0 unspecified atom stereocenters. The third kappa shape index (κ3) is 6.43. The zero-order chi connectivity index (χ0) is 19.6. The molecule has 28 heavy (non-hydrogen) atoms. The Labute approximate surface area is 172 Å². The number of benzene rings is 1. The third-order valence-corrected chi connectivity index (χ3v) is 6.50. The molecule has 152 valence electrons. The first-order chi connectivity index (χ1) is 13.8. The number of hydrogen-bond donors (Lipinski definition) is 0. The summed E-state index contributed by atoms with van der Waals surface area (Å²) in [6.45, 7) is 4.57. The molecule has 3 rings (SSSR count). The lowest BCUT2D eigenvalue weighted by molar-refractivity contribution is 0.251. The highest BCUT2D eigenvalue weighted by Gasteiger charge is 2.20. The van der Waals surface area contributed by atoms with Crippen molar-refractivity contribution in [2.24, 2.45) is 11.8 Å². The number of unbranched alkanes of at least 4 members (excludes halogenated alkanes) is 2. The fourth-order valence-electron chi connectivity index (χ4n) is 4.63. The number of hydrogen-bond acceptors (Lipinski definition) is 2. The first-order valence-corrected chi connectivity index (χ1v) is 11.7. The van der Waals surface area contributed by atoms with Gasteiger partial charge in [0.2, 0.25) is 0 Å². The van der Waals surface area contributed by atoms with E-state index in [2.05, 4.69) is 48.1 Å². The van der Waals surface area contributed by atoms with Crippen LogP contribution in [0.2, 0.25) is 0 Å². The molecule has 2 nitrogen and oxygen atoms in total. The Morgan fingerprint density at radius 1 is 0.714 bits per heavy atom. The summed E-state index contributed by atoms with van der Waals surface area (Å²) in [5.74, 6) is 2.89. The third-order valence-electron chi connectivity index (χ3n) is 6.50. The Balaban J connectivity index is 1.46. The average molecular weight is 379 g/mol. The summed E-state index contributed by atoms with van der Waals surface area (Å²) in [5, 5.41) is 0. The van der Waals surface area contributed by atoms with Crippen molar-refractivity contribution in [1.82, 2.24) is 9.97 Å². The maximum atomic E-state index is 4.66. The van der Waals surface area contributed by atoms with Crippen LogP contribution in [0.1, 0.15) is 89.4 Å². The van der Waals surface area contributed by atoms with Gasteiger partial charge in [-0.2, -0.15) is 0 Å². The van der Waals surface area contributed by atoms with Gasteiger partial charge < -0.3 is 0 Å². The Morgan fingerprint density at radius 2 is 1.36 bits per heavy atom. The molecule has 0 aliphatic heterocycles. The maximum Gasteiger partial charge on any atom is 0.128 e. The van der Waals surface area contributed by atoms with Crippen molar-refractivity contribution in [2.75, 3.05) is 0 Å². The van der Waals surface area contributed by atoms with Crippen LogP contribution in [-0.4, -0.2) is 9.97 Å². The van der Waals surface area contributed by atoms with E-state index in [9.17, 15) is 0 Å². The number of nitrogens with zero attached hydrogens (tertiary/aromatic N) is 2. The standard InChI is InChI=1S/C26H38N2/c1-3-5-6-8-22-13-16-24(17-14-22)25-19-27-26(28-20-25)18-15-23-11-9-21(7-4-2)10-12-23/h13-14,16-17,19-21,23H,3-12,15,18H2,1-2H3/t21-,23-. The van der Waals surface area contributed by atoms with Crippen molar-refractivity contribution in [1.29, 1.82) is 0 Å². The minimum atomic E-state index is 0.886. The van der Waals surface area contributed by atoms with E-state index in [1.165, 1.54) is 81.8 Å². The molecule has 2 aromatic rings. The second-order valence-corrected chi connectivity index (χ2v) is 8.76. The lowest BCUT2D eigenvalue weighted by Gasteiger charge is -2.28. The highest BCUT2D eigenvalue weighted by atomic mass is 14.9. The Hall–Kier alpha value is -1.70. The molecule has 0 amide bonds. The average Bonchev–Trinajstić information content (AvgIpc) is 2.75. The molecule has 2 heteroatoms. The van der Waals surface area contributed by atoms with Crippen LogP contribution in [0.4, 0.5) is 0 Å². The van der Waals surface area contributed by atoms with Crippen LogP contribution >= 0.6 is 0 Å². The summed E-state index contributed by atoms with van der Waals surface area (Å²) >= 11 is 0. The summed E-state index contributed by atoms with van der Waals surface area (Å²) in [4.78, 5) is 9.31. The van der Waals surface area contributed by atoms with E-state index in [0.29, 0.717) is 0 Å². The highest BCUT2D eigenvalue weighted by Crippen LogP contribution is 2.33. The predicted molar refractivity (Wildman–Crippen MR) is 119 cm³/mol. The number of aromatic nitrogens is 2. The van der Waals surface area contributed by atoms with Gasteiger partial charge in [-0.05, 0) is 42.2 Å². The van der Waals surface area contributed by atoms with Gasteiger partial charge in [-0.3, -0.25) is 0 Å². The normalized spacial score (nSPS) is 19.6. The first kappa shape index (κ1) is 21.0. The second-order valence-electron chi connectivity index (χ2n) is 8.76. The van der Waals surface area contributed by atoms with Crippen molar-refractivity contribution in [3.8, 4) is 11.1 Å². The van der Waals surface area contributed by atoms with Crippen molar-refractivity contribution < 1.29 is 0 Å². The molecule has 1 aromatic carbocycles. The second kappa shape index (κ2) is 11.3. The van der Waals surface area contributed by atoms with Gasteiger partial charge in [0.05, 0.1) is 0 Å². The van der Waals surface area contributed by atoms with Crippen LogP contribution in [0.15, 0.2) is 36.7 Å². The van der Waals surface area contributed by atoms with E-state index in [1.807, 2.05) is 12.4 Å². The van der Waals surface area contributed by atoms with E-state index in [1.54, 1.807) is 0 Å². The van der Waals surface area contributed by atoms with Gasteiger partial charge in [-0.25, -0.2) is 9.97 Å². The number of aryl methyl sites for hydroxylation is 2. The molecular weight excluding hydrogens is 340 g/mol. The van der Waals surface area contributed by atoms with E-state index < -0.39 is 0 Å². The molecule has 1 saturated carbocycles. The van der Waals surface area contributed by atoms with E-state index >= 15 is 0 Å². The van der Waals surface area contributed by atoms with Gasteiger partial charge >= 0.3 is 0 Å². The SMILES string of the molecule is CCCCCc1ccc(-c2cnc(CC[C@H]3CC[C@H](CCC)CC3)nc2)cc1. The summed E-state index contributed by atoms with van der Waals surface area (Å²) < 4.78 is 0. The van der Waals surface area contributed by atoms with Gasteiger partial charge in [0.25, 0.3) is 0 Å². The molecule has 1 heterocycles. The van der Waals surface area contributed by atoms with Crippen molar-refractivity contribution in [3.63, 3.8) is 0 Å². The van der Waals surface area contributed by atoms with Crippen molar-refractivity contribution >= 4 is 0 Å². The smallest absolute Gasteiger partial charge is 0.128 e. The zero-order valence-electron chi connectivity index (χ0n) is 18.0. The largest absolute Gasteiger partial charge is 0.241 e. The topological polar surface area (TPSA) is 25.8 Å². The van der Waals surface area contributed by atoms with Gasteiger partial charge in [0.1, 0.15) is 5.82 Å². The first-order valence-electron chi connectivity index (χ1n) is 11.7. The fourth-order valence-corrected chi connectivity index (χ4v) is 4.63. The van der Waals surface area contributed by atoms with Gasteiger partial charge in [0, 0.05) is 24.4 Å². The van der Waals surface area contributed by atoms with Crippen LogP contribution in [-0.2, 0) is 12.8 Å². The van der Waals surface area contributed by atoms with Gasteiger partial charge in [0.15, 0.2) is 0 Å². The Kier molecular flexibility index (Phi) is 8.51. The monoisotopic (exact) mass is 378 g/mol. The number of rotatable bonds is 10. The molecule has 0 saturated heterocycles. The zero-order valence-corrected chi connectivity index (χ0v) is 18.0. The van der Waals surface area contributed by atoms with Crippen LogP contribution in [0.3, 0.4) is 0 Å². The quantitative estimate of drug-likeness (QED) is 0.402. The summed E-state index contributed by atoms with van der Waals surface area (Å²) in [7, 11) is 0. The molecule has 1 aromatic heterocycles. The van der Waals surface area contributed by atoms with Gasteiger partial charge in [-0.1, -0.05) is 89.5 Å². The highest BCUT2D eigenvalue weighted by molar-refractivity contribution is 5.61. The lowest BCUT2D eigenvalue weighted by Crippen LogP contribution is -2.15. The van der Waals surface area contributed by atoms with Crippen LogP contribution in [0.25, 0.3) is 11.1 Å². The van der Waals surface area contributed by atoms with Gasteiger partial charge in [-0.15, -0.1) is 0 Å². The summed E-state index contributed by atoms with van der Waals surface area (Å²) in [6.07, 6.45) is 19.8. The lowest BCUT2D eigenvalue weighted by atomic mass is 9.78. The summed E-state index contributed by atoms with van der Waals surface area (Å²) in [6, 6.07) is 8.95. The van der Waals surface area contributed by atoms with E-state index in [4.69, 9.17) is 0 Å². The van der Waals surface area contributed by atoms with Crippen molar-refractivity contribution in [2.45, 2.75) is 90.9 Å². The molecule has 1 aliphatic carbocycles. The molecule has 0 spiro atoms. The van der Waals surface area contributed by atoms with Crippen LogP contribution in [0, 0.1) is 11.8 Å². The molecule has 0 N–H and O–H groups in total. The van der Waals surface area contributed by atoms with Crippen LogP contribution < -0.4 is 0 Å². The molecule has 1 fully saturated rings. The summed E-state index contributed by atoms with van der Waals surface area (Å²) in [5.41, 5.74) is 3.78. The van der Waals surface area contributed by atoms with Crippen molar-refractivity contribution in [3.05, 3.63) is 48.0 Å².